The fraction of sp³-hybridized carbons (Fsp3) is 0.182. The number of nitrogens with two attached hydrogens (primary N) is 2. The number of rotatable bonds is 1. The molecule has 1 aromatic heterocycles. The van der Waals surface area contributed by atoms with Crippen molar-refractivity contribution in [2.45, 2.75) is 18.7 Å². The van der Waals surface area contributed by atoms with Crippen LogP contribution >= 0.6 is 0 Å². The summed E-state index contributed by atoms with van der Waals surface area (Å²) in [5.74, 6) is 0. The lowest BCUT2D eigenvalue weighted by Gasteiger charge is -1.96. The summed E-state index contributed by atoms with van der Waals surface area (Å²) in [6.07, 6.45) is 1.63. The van der Waals surface area contributed by atoms with E-state index in [1.807, 2.05) is 13.8 Å². The van der Waals surface area contributed by atoms with Gasteiger partial charge in [-0.05, 0) is 38.1 Å². The Balaban J connectivity index is 0.000000199. The SMILES string of the molecule is Cc1conc1C.Nc1ccc(S(N)(=O)=O)cc1. The van der Waals surface area contributed by atoms with Gasteiger partial charge in [-0.1, -0.05) is 5.16 Å². The van der Waals surface area contributed by atoms with Crippen molar-refractivity contribution in [3.8, 4) is 0 Å². The Labute approximate surface area is 106 Å². The summed E-state index contributed by atoms with van der Waals surface area (Å²) in [5, 5.41) is 8.48. The second-order valence-electron chi connectivity index (χ2n) is 3.70. The summed E-state index contributed by atoms with van der Waals surface area (Å²) in [5.41, 5.74) is 7.93. The van der Waals surface area contributed by atoms with Gasteiger partial charge in [0.05, 0.1) is 10.6 Å². The Morgan fingerprint density at radius 2 is 1.72 bits per heavy atom. The molecule has 0 saturated heterocycles. The van der Waals surface area contributed by atoms with Crippen LogP contribution in [0.5, 0.6) is 0 Å². The van der Waals surface area contributed by atoms with E-state index in [0.29, 0.717) is 5.69 Å². The van der Waals surface area contributed by atoms with Crippen molar-refractivity contribution in [2.24, 2.45) is 5.14 Å². The average molecular weight is 269 g/mol. The normalized spacial score (nSPS) is 10.6. The summed E-state index contributed by atoms with van der Waals surface area (Å²) in [6, 6.07) is 5.70. The molecule has 0 aliphatic heterocycles. The van der Waals surface area contributed by atoms with Crippen molar-refractivity contribution in [3.05, 3.63) is 41.8 Å². The van der Waals surface area contributed by atoms with Crippen molar-refractivity contribution in [1.29, 1.82) is 0 Å². The quantitative estimate of drug-likeness (QED) is 0.755. The van der Waals surface area contributed by atoms with E-state index in [1.165, 1.54) is 24.3 Å². The van der Waals surface area contributed by atoms with Gasteiger partial charge in [-0.2, -0.15) is 0 Å². The highest BCUT2D eigenvalue weighted by atomic mass is 32.2. The minimum atomic E-state index is -3.58. The Bertz CT molecular complexity index is 586. The molecule has 18 heavy (non-hydrogen) atoms. The number of anilines is 1. The highest BCUT2D eigenvalue weighted by Gasteiger charge is 2.04. The molecule has 1 heterocycles. The van der Waals surface area contributed by atoms with Crippen LogP contribution < -0.4 is 10.9 Å². The second-order valence-corrected chi connectivity index (χ2v) is 5.26. The minimum Gasteiger partial charge on any atom is -0.399 e. The Hall–Kier alpha value is -1.86. The first-order chi connectivity index (χ1) is 8.30. The predicted octanol–water partition coefficient (Wildman–Crippen LogP) is 1.21. The number of nitrogens with zero attached hydrogens (tertiary/aromatic N) is 1. The number of nitrogen functional groups attached to an aromatic ring is 1. The van der Waals surface area contributed by atoms with Crippen molar-refractivity contribution in [3.63, 3.8) is 0 Å². The molecule has 0 atom stereocenters. The summed E-state index contributed by atoms with van der Waals surface area (Å²) in [7, 11) is -3.58. The first-order valence-corrected chi connectivity index (χ1v) is 6.61. The van der Waals surface area contributed by atoms with E-state index in [0.717, 1.165) is 11.3 Å². The van der Waals surface area contributed by atoms with Crippen LogP contribution in [0, 0.1) is 13.8 Å². The summed E-state index contributed by atoms with van der Waals surface area (Å²) >= 11 is 0. The van der Waals surface area contributed by atoms with E-state index in [-0.39, 0.29) is 4.90 Å². The van der Waals surface area contributed by atoms with Gasteiger partial charge in [-0.15, -0.1) is 0 Å². The van der Waals surface area contributed by atoms with E-state index < -0.39 is 10.0 Å². The first-order valence-electron chi connectivity index (χ1n) is 5.06. The van der Waals surface area contributed by atoms with Gasteiger partial charge in [-0.3, -0.25) is 0 Å². The van der Waals surface area contributed by atoms with Gasteiger partial charge < -0.3 is 10.3 Å². The molecule has 4 N–H and O–H groups in total. The van der Waals surface area contributed by atoms with E-state index in [9.17, 15) is 8.42 Å². The summed E-state index contributed by atoms with van der Waals surface area (Å²) < 4.78 is 26.0. The van der Waals surface area contributed by atoms with Gasteiger partial charge in [0.25, 0.3) is 0 Å². The number of hydrogen-bond acceptors (Lipinski definition) is 5. The molecule has 0 spiro atoms. The molecule has 0 radical (unpaired) electrons. The fourth-order valence-corrected chi connectivity index (χ4v) is 1.51. The highest BCUT2D eigenvalue weighted by molar-refractivity contribution is 7.89. The maximum absolute atomic E-state index is 10.7. The standard InChI is InChI=1S/C6H8N2O2S.C5H7NO/c7-5-1-3-6(4-2-5)11(8,9)10;1-4-3-7-6-5(4)2/h1-4H,7H2,(H2,8,9,10);3H,1-2H3. The molecule has 0 bridgehead atoms. The van der Waals surface area contributed by atoms with Crippen LogP contribution in [0.3, 0.4) is 0 Å². The van der Waals surface area contributed by atoms with Crippen LogP contribution in [0.25, 0.3) is 0 Å². The van der Waals surface area contributed by atoms with Gasteiger partial charge in [0.15, 0.2) is 0 Å². The number of primary sulfonamides is 1. The number of aryl methyl sites for hydroxylation is 2. The van der Waals surface area contributed by atoms with Gasteiger partial charge in [0, 0.05) is 11.3 Å². The summed E-state index contributed by atoms with van der Waals surface area (Å²) in [4.78, 5) is 0.0756. The lowest BCUT2D eigenvalue weighted by Crippen LogP contribution is -2.11. The molecular formula is C11H15N3O3S. The van der Waals surface area contributed by atoms with E-state index in [4.69, 9.17) is 10.9 Å². The molecule has 98 valence electrons. The molecule has 6 nitrogen and oxygen atoms in total. The predicted molar refractivity (Wildman–Crippen MR) is 68.2 cm³/mol. The molecule has 0 amide bonds. The molecule has 0 saturated carbocycles. The lowest BCUT2D eigenvalue weighted by molar-refractivity contribution is 0.414. The fourth-order valence-electron chi connectivity index (χ4n) is 0.999. The molecular weight excluding hydrogens is 254 g/mol. The first kappa shape index (κ1) is 14.2. The Morgan fingerprint density at radius 1 is 1.17 bits per heavy atom. The molecule has 0 unspecified atom stereocenters. The molecule has 0 fully saturated rings. The summed E-state index contributed by atoms with van der Waals surface area (Å²) in [6.45, 7) is 3.88. The third-order valence-corrected chi connectivity index (χ3v) is 3.13. The lowest BCUT2D eigenvalue weighted by atomic mass is 10.3. The third-order valence-electron chi connectivity index (χ3n) is 2.20. The maximum atomic E-state index is 10.7. The monoisotopic (exact) mass is 269 g/mol. The van der Waals surface area contributed by atoms with Crippen LogP contribution in [0.1, 0.15) is 11.3 Å². The van der Waals surface area contributed by atoms with Crippen molar-refractivity contribution < 1.29 is 12.9 Å². The van der Waals surface area contributed by atoms with Gasteiger partial charge in [0.2, 0.25) is 10.0 Å². The van der Waals surface area contributed by atoms with E-state index >= 15 is 0 Å². The van der Waals surface area contributed by atoms with Crippen molar-refractivity contribution in [2.75, 3.05) is 5.73 Å². The number of benzene rings is 1. The minimum absolute atomic E-state index is 0.0756. The highest BCUT2D eigenvalue weighted by Crippen LogP contribution is 2.08. The Morgan fingerprint density at radius 3 is 2.00 bits per heavy atom. The van der Waals surface area contributed by atoms with Crippen LogP contribution in [0.15, 0.2) is 39.9 Å². The number of aromatic nitrogens is 1. The second kappa shape index (κ2) is 5.65. The zero-order valence-electron chi connectivity index (χ0n) is 10.1. The smallest absolute Gasteiger partial charge is 0.238 e. The van der Waals surface area contributed by atoms with Crippen LogP contribution in [-0.4, -0.2) is 13.6 Å². The topological polar surface area (TPSA) is 112 Å². The Kier molecular flexibility index (Phi) is 4.46. The molecule has 2 rings (SSSR count). The maximum Gasteiger partial charge on any atom is 0.238 e. The number of sulfonamides is 1. The van der Waals surface area contributed by atoms with Gasteiger partial charge >= 0.3 is 0 Å². The molecule has 0 aliphatic carbocycles. The van der Waals surface area contributed by atoms with Crippen LogP contribution in [-0.2, 0) is 10.0 Å². The zero-order chi connectivity index (χ0) is 13.8. The third kappa shape index (κ3) is 4.19. The zero-order valence-corrected chi connectivity index (χ0v) is 10.9. The van der Waals surface area contributed by atoms with E-state index in [1.54, 1.807) is 6.26 Å². The van der Waals surface area contributed by atoms with Crippen LogP contribution in [0.4, 0.5) is 5.69 Å². The van der Waals surface area contributed by atoms with Gasteiger partial charge in [0.1, 0.15) is 6.26 Å². The molecule has 1 aromatic carbocycles. The van der Waals surface area contributed by atoms with Crippen LogP contribution in [0.2, 0.25) is 0 Å². The van der Waals surface area contributed by atoms with Gasteiger partial charge in [-0.25, -0.2) is 13.6 Å². The van der Waals surface area contributed by atoms with Crippen molar-refractivity contribution >= 4 is 15.7 Å². The molecule has 2 aromatic rings. The van der Waals surface area contributed by atoms with E-state index in [2.05, 4.69) is 9.68 Å². The van der Waals surface area contributed by atoms with Crippen molar-refractivity contribution in [1.82, 2.24) is 5.16 Å². The average Bonchev–Trinajstić information content (AvgIpc) is 2.63. The number of hydrogen-bond donors (Lipinski definition) is 2. The largest absolute Gasteiger partial charge is 0.399 e. The molecule has 7 heteroatoms. The molecule has 0 aliphatic rings.